The van der Waals surface area contributed by atoms with Gasteiger partial charge in [0.2, 0.25) is 29.5 Å². The van der Waals surface area contributed by atoms with Crippen molar-refractivity contribution in [1.82, 2.24) is 46.3 Å². The van der Waals surface area contributed by atoms with E-state index in [0.717, 1.165) is 22.6 Å². The van der Waals surface area contributed by atoms with Gasteiger partial charge in [-0.05, 0) is 87.2 Å². The lowest BCUT2D eigenvalue weighted by atomic mass is 9.67. The van der Waals surface area contributed by atoms with E-state index in [1.165, 1.54) is 28.4 Å². The summed E-state index contributed by atoms with van der Waals surface area (Å²) in [6.45, 7) is 15.3. The maximum Gasteiger partial charge on any atom is 0.312 e. The van der Waals surface area contributed by atoms with Crippen LogP contribution < -0.4 is 32.3 Å². The van der Waals surface area contributed by atoms with E-state index in [2.05, 4.69) is 31.6 Å². The average Bonchev–Trinajstić information content (AvgIpc) is 1.41. The third-order valence-corrected chi connectivity index (χ3v) is 20.4. The molecule has 24 heteroatoms. The molecule has 2 aliphatic heterocycles. The van der Waals surface area contributed by atoms with Gasteiger partial charge in [-0.15, -0.1) is 11.3 Å². The van der Waals surface area contributed by atoms with Gasteiger partial charge in [-0.3, -0.25) is 48.1 Å². The van der Waals surface area contributed by atoms with Crippen LogP contribution in [0.15, 0.2) is 78.3 Å². The summed E-state index contributed by atoms with van der Waals surface area (Å²) in [7, 11) is 8.79. The van der Waals surface area contributed by atoms with Crippen molar-refractivity contribution in [2.45, 2.75) is 193 Å². The lowest BCUT2D eigenvalue weighted by Crippen LogP contribution is -2.63. The first-order chi connectivity index (χ1) is 45.2. The summed E-state index contributed by atoms with van der Waals surface area (Å²) < 4.78 is 12.5. The Morgan fingerprint density at radius 1 is 0.779 bits per heavy atom. The Labute approximate surface area is 565 Å². The van der Waals surface area contributed by atoms with Crippen molar-refractivity contribution >= 4 is 70.4 Å². The van der Waals surface area contributed by atoms with Gasteiger partial charge in [0, 0.05) is 89.1 Å². The normalized spacial score (nSPS) is 18.2. The van der Waals surface area contributed by atoms with Gasteiger partial charge in [-0.25, -0.2) is 9.78 Å². The molecule has 3 aromatic rings. The third-order valence-electron chi connectivity index (χ3n) is 19.5. The minimum Gasteiger partial charge on any atom is -0.379 e. The van der Waals surface area contributed by atoms with E-state index < -0.39 is 65.6 Å². The Morgan fingerprint density at radius 2 is 1.44 bits per heavy atom. The summed E-state index contributed by atoms with van der Waals surface area (Å²) in [6.07, 6.45) is 9.00. The maximum absolute atomic E-state index is 15.0. The van der Waals surface area contributed by atoms with Crippen LogP contribution in [0.25, 0.3) is 0 Å². The minimum absolute atomic E-state index is 0.0322. The number of nitrogens with zero attached hydrogens (tertiary/aromatic N) is 5. The van der Waals surface area contributed by atoms with Crippen LogP contribution in [0, 0.1) is 29.1 Å². The highest BCUT2D eigenvalue weighted by atomic mass is 32.1. The van der Waals surface area contributed by atoms with E-state index in [0.29, 0.717) is 89.4 Å². The molecule has 0 unspecified atom stereocenters. The average molecular weight is 1340 g/mol. The quantitative estimate of drug-likeness (QED) is 0.0158. The molecule has 2 aromatic carbocycles. The Kier molecular flexibility index (Phi) is 29.1. The predicted octanol–water partition coefficient (Wildman–Crippen LogP) is 6.33. The number of carbonyl (C=O) groups excluding carboxylic acids is 10. The Hall–Kier alpha value is -7.41. The molecule has 3 aliphatic rings. The highest BCUT2D eigenvalue weighted by Crippen LogP contribution is 2.42. The monoisotopic (exact) mass is 1340 g/mol. The number of benzene rings is 2. The molecule has 10 atom stereocenters. The van der Waals surface area contributed by atoms with Crippen LogP contribution in [0.1, 0.15) is 153 Å². The van der Waals surface area contributed by atoms with E-state index in [1.54, 1.807) is 32.4 Å². The molecular weight excluding hydrogens is 1230 g/mol. The van der Waals surface area contributed by atoms with Crippen LogP contribution >= 0.6 is 11.3 Å². The molecular formula is C71H106N11O12S+. The summed E-state index contributed by atoms with van der Waals surface area (Å²) in [5.41, 5.74) is 6.60. The number of quaternary nitrogens is 1. The Morgan fingerprint density at radius 3 is 2.02 bits per heavy atom. The maximum atomic E-state index is 15.0. The first-order valence-electron chi connectivity index (χ1n) is 33.9. The van der Waals surface area contributed by atoms with Gasteiger partial charge in [0.1, 0.15) is 23.0 Å². The van der Waals surface area contributed by atoms with Gasteiger partial charge in [0.05, 0.1) is 62.8 Å². The number of ketones is 1. The van der Waals surface area contributed by atoms with Crippen molar-refractivity contribution in [3.05, 3.63) is 100 Å². The number of likely N-dealkylation sites (tertiary alicyclic amines) is 1. The van der Waals surface area contributed by atoms with Gasteiger partial charge in [-0.2, -0.15) is 0 Å². The van der Waals surface area contributed by atoms with E-state index in [1.807, 2.05) is 127 Å². The number of likely N-dealkylation sites (N-methyl/N-ethyl adjacent to an activating group) is 2. The van der Waals surface area contributed by atoms with Crippen molar-refractivity contribution in [1.29, 1.82) is 0 Å². The summed E-state index contributed by atoms with van der Waals surface area (Å²) in [5, 5.41) is 17.4. The number of unbranched alkanes of at least 4 members (excludes halogenated alkanes) is 2. The van der Waals surface area contributed by atoms with Crippen LogP contribution in [0.4, 0.5) is 4.79 Å². The largest absolute Gasteiger partial charge is 0.379 e. The van der Waals surface area contributed by atoms with Crippen LogP contribution in [0.2, 0.25) is 0 Å². The number of nitrogens with two attached hydrogens (primary N) is 1. The molecule has 1 saturated carbocycles. The summed E-state index contributed by atoms with van der Waals surface area (Å²) in [4.78, 5) is 145. The number of Topliss-reactive ketones (excluding diaryl/α,β-unsaturated/α-hetero) is 1. The summed E-state index contributed by atoms with van der Waals surface area (Å²) in [5.74, 6) is -4.12. The number of thiazole rings is 1. The number of hydrogen-bond donors (Lipinski definition) is 6. The molecule has 0 radical (unpaired) electrons. The first kappa shape index (κ1) is 76.6. The van der Waals surface area contributed by atoms with Crippen LogP contribution in [0.5, 0.6) is 0 Å². The van der Waals surface area contributed by atoms with Gasteiger partial charge in [-0.1, -0.05) is 116 Å². The van der Waals surface area contributed by atoms with E-state index in [9.17, 15) is 43.2 Å². The molecule has 3 heterocycles. The second kappa shape index (κ2) is 36.1. The highest BCUT2D eigenvalue weighted by molar-refractivity contribution is 7.09. The molecule has 1 saturated heterocycles. The van der Waals surface area contributed by atoms with Gasteiger partial charge in [0.15, 0.2) is 11.8 Å². The van der Waals surface area contributed by atoms with Crippen LogP contribution in [0.3, 0.4) is 0 Å². The SMILES string of the molecule is CC[C@H](C)[C@@H]([C@@H](CC(=O)N1CCC[C@H]1[C@H](OC)[C@@H](C)C(=O)N[C@@H](Cc1ccccc1)c1nccs1)OC)N(C)C(=O)[C@@H](NC(=O)[C@H](C(C)C)[N+](C)(C)Cc1ccc(CC(=O)[C@H](CCCNC(N)=O)NC(=O)C2(C(=O)NCCCCCN3C(=O)C=CC3=O)CCC2)cc1)C(C)C. The number of carbonyl (C=O) groups is 10. The molecule has 2 fully saturated rings. The topological polar surface area (TPSA) is 298 Å². The standard InChI is InChI=1S/C71H105N11O12S/c1-13-47(6)61(56(93-11)43-59(86)80-39-21-26-54(80)63(94-12)48(7)64(87)76-53(66-73-37-40-95-66)41-49-23-16-14-17-24-49)79(8)67(89)60(45(2)3)78-65(88)62(46(4)5)82(9,10)44-51-29-27-50(28-30-51)42-55(83)52(25-20-36-75-70(72)92)77-69(91)71(33-22-34-71)68(90)74-35-18-15-19-38-81-57(84)31-32-58(81)85/h14,16-17,23-24,27-32,37,40,45-48,52-54,56,60-63H,13,15,18-22,25-26,33-36,38-39,41-44H2,1-12H3,(H6-,72,74,75,76,77,78,87,88,90,91,92)/p+1/t47-,48+,52-,53-,54-,56+,60-,61-,62-,63+/m0/s1. The number of ether oxygens (including phenoxy) is 2. The fraction of sp³-hybridized carbons (Fsp3) is 0.620. The molecule has 1 aromatic heterocycles. The lowest BCUT2D eigenvalue weighted by molar-refractivity contribution is -0.922. The molecule has 0 spiro atoms. The number of hydrogen-bond acceptors (Lipinski definition) is 14. The fourth-order valence-electron chi connectivity index (χ4n) is 13.9. The molecule has 10 amide bonds. The van der Waals surface area contributed by atoms with Crippen molar-refractivity contribution < 1.29 is 61.9 Å². The molecule has 1 aliphatic carbocycles. The molecule has 23 nitrogen and oxygen atoms in total. The lowest BCUT2D eigenvalue weighted by Gasteiger charge is -2.42. The zero-order chi connectivity index (χ0) is 69.7. The molecule has 6 rings (SSSR count). The zero-order valence-electron chi connectivity index (χ0n) is 58.0. The third kappa shape index (κ3) is 20.6. The number of imide groups is 1. The van der Waals surface area contributed by atoms with Crippen molar-refractivity contribution in [3.8, 4) is 0 Å². The molecule has 7 N–H and O–H groups in total. The van der Waals surface area contributed by atoms with Crippen molar-refractivity contribution in [2.24, 2.45) is 34.8 Å². The number of nitrogens with one attached hydrogen (secondary N) is 5. The van der Waals surface area contributed by atoms with Gasteiger partial charge in [0.25, 0.3) is 17.7 Å². The van der Waals surface area contributed by atoms with Gasteiger partial charge >= 0.3 is 6.03 Å². The Balaban J connectivity index is 1.07. The summed E-state index contributed by atoms with van der Waals surface area (Å²) in [6, 6.07) is 12.9. The van der Waals surface area contributed by atoms with E-state index >= 15 is 4.79 Å². The van der Waals surface area contributed by atoms with Crippen LogP contribution in [-0.4, -0.2) is 187 Å². The number of aromatic nitrogens is 1. The zero-order valence-corrected chi connectivity index (χ0v) is 58.8. The van der Waals surface area contributed by atoms with Crippen LogP contribution in [-0.2, 0) is 72.0 Å². The predicted molar refractivity (Wildman–Crippen MR) is 363 cm³/mol. The van der Waals surface area contributed by atoms with Crippen molar-refractivity contribution in [2.75, 3.05) is 61.5 Å². The van der Waals surface area contributed by atoms with E-state index in [-0.39, 0.29) is 108 Å². The number of rotatable bonds is 39. The van der Waals surface area contributed by atoms with Crippen molar-refractivity contribution in [3.63, 3.8) is 0 Å². The number of amides is 10. The molecule has 0 bridgehead atoms. The second-order valence-electron chi connectivity index (χ2n) is 27.4. The number of urea groups is 1. The number of primary amides is 1. The fourth-order valence-corrected chi connectivity index (χ4v) is 14.6. The number of methoxy groups -OCH3 is 2. The summed E-state index contributed by atoms with van der Waals surface area (Å²) >= 11 is 1.48. The second-order valence-corrected chi connectivity index (χ2v) is 28.3. The van der Waals surface area contributed by atoms with Gasteiger partial charge < -0.3 is 56.1 Å². The Bertz CT molecular complexity index is 3080. The minimum atomic E-state index is -1.34. The highest BCUT2D eigenvalue weighted by Gasteiger charge is 2.52. The molecule has 522 valence electrons. The first-order valence-corrected chi connectivity index (χ1v) is 34.8. The molecule has 95 heavy (non-hydrogen) atoms. The smallest absolute Gasteiger partial charge is 0.312 e. The van der Waals surface area contributed by atoms with E-state index in [4.69, 9.17) is 15.2 Å².